The van der Waals surface area contributed by atoms with Crippen LogP contribution >= 0.6 is 0 Å². The molecule has 1 fully saturated rings. The molecule has 2 aromatic carbocycles. The number of nitrogens with one attached hydrogen (secondary N) is 1. The van der Waals surface area contributed by atoms with E-state index in [1.807, 2.05) is 37.3 Å². The van der Waals surface area contributed by atoms with Crippen molar-refractivity contribution >= 4 is 23.2 Å². The SMILES string of the molecule is CC1(C#N)CC(N2C(=O)C[C@]3(Cc4c(Nc5ccc(O)cc5)cccc43)N=C2N)C1. The highest BCUT2D eigenvalue weighted by Gasteiger charge is 2.53. The molecule has 3 aliphatic rings. The van der Waals surface area contributed by atoms with Gasteiger partial charge in [0.15, 0.2) is 5.96 Å². The highest BCUT2D eigenvalue weighted by molar-refractivity contribution is 6.00. The van der Waals surface area contributed by atoms with Crippen LogP contribution < -0.4 is 11.1 Å². The van der Waals surface area contributed by atoms with Crippen molar-refractivity contribution in [1.29, 1.82) is 5.26 Å². The summed E-state index contributed by atoms with van der Waals surface area (Å²) in [6.07, 6.45) is 2.21. The van der Waals surface area contributed by atoms with Crippen LogP contribution in [0.15, 0.2) is 47.5 Å². The molecule has 1 saturated carbocycles. The molecule has 152 valence electrons. The second-order valence-corrected chi connectivity index (χ2v) is 8.86. The Morgan fingerprint density at radius 3 is 2.63 bits per heavy atom. The molecule has 2 aromatic rings. The minimum Gasteiger partial charge on any atom is -0.508 e. The predicted molar refractivity (Wildman–Crippen MR) is 113 cm³/mol. The third kappa shape index (κ3) is 2.71. The van der Waals surface area contributed by atoms with Gasteiger partial charge in [0.05, 0.1) is 17.9 Å². The number of phenolic OH excluding ortho intramolecular Hbond substituents is 1. The summed E-state index contributed by atoms with van der Waals surface area (Å²) in [6, 6.07) is 15.1. The summed E-state index contributed by atoms with van der Waals surface area (Å²) >= 11 is 0. The number of phenols is 1. The van der Waals surface area contributed by atoms with E-state index in [1.165, 1.54) is 0 Å². The van der Waals surface area contributed by atoms with Crippen LogP contribution in [-0.2, 0) is 16.8 Å². The van der Waals surface area contributed by atoms with E-state index < -0.39 is 5.54 Å². The minimum atomic E-state index is -0.595. The fraction of sp³-hybridized carbons (Fsp3) is 0.348. The van der Waals surface area contributed by atoms with Crippen LogP contribution in [-0.4, -0.2) is 27.9 Å². The lowest BCUT2D eigenvalue weighted by Gasteiger charge is -2.51. The molecule has 4 N–H and O–H groups in total. The van der Waals surface area contributed by atoms with Crippen molar-refractivity contribution in [2.75, 3.05) is 5.32 Å². The van der Waals surface area contributed by atoms with Crippen molar-refractivity contribution in [3.05, 3.63) is 53.6 Å². The van der Waals surface area contributed by atoms with E-state index >= 15 is 0 Å². The average molecular weight is 401 g/mol. The monoisotopic (exact) mass is 401 g/mol. The lowest BCUT2D eigenvalue weighted by Crippen LogP contribution is -2.61. The van der Waals surface area contributed by atoms with Gasteiger partial charge in [0.25, 0.3) is 0 Å². The van der Waals surface area contributed by atoms with Gasteiger partial charge in [-0.2, -0.15) is 5.26 Å². The van der Waals surface area contributed by atoms with Gasteiger partial charge in [-0.1, -0.05) is 12.1 Å². The smallest absolute Gasteiger partial charge is 0.232 e. The molecule has 0 bridgehead atoms. The van der Waals surface area contributed by atoms with E-state index in [0.29, 0.717) is 25.7 Å². The molecular weight excluding hydrogens is 378 g/mol. The normalized spacial score (nSPS) is 29.3. The summed E-state index contributed by atoms with van der Waals surface area (Å²) in [5.41, 5.74) is 9.29. The largest absolute Gasteiger partial charge is 0.508 e. The van der Waals surface area contributed by atoms with E-state index in [9.17, 15) is 15.2 Å². The molecule has 1 aliphatic heterocycles. The van der Waals surface area contributed by atoms with Crippen LogP contribution in [0, 0.1) is 16.7 Å². The Morgan fingerprint density at radius 1 is 1.23 bits per heavy atom. The molecule has 1 atom stereocenters. The Morgan fingerprint density at radius 2 is 1.97 bits per heavy atom. The number of guanidine groups is 1. The zero-order chi connectivity index (χ0) is 21.1. The molecule has 0 unspecified atom stereocenters. The van der Waals surface area contributed by atoms with Gasteiger partial charge in [0.1, 0.15) is 11.3 Å². The minimum absolute atomic E-state index is 0.0185. The molecule has 1 amide bonds. The number of nitrogens with zero attached hydrogens (tertiary/aromatic N) is 3. The van der Waals surface area contributed by atoms with Gasteiger partial charge >= 0.3 is 0 Å². The predicted octanol–water partition coefficient (Wildman–Crippen LogP) is 3.13. The first-order chi connectivity index (χ1) is 14.3. The number of rotatable bonds is 3. The summed E-state index contributed by atoms with van der Waals surface area (Å²) in [4.78, 5) is 19.4. The first-order valence-corrected chi connectivity index (χ1v) is 10.1. The first kappa shape index (κ1) is 18.5. The maximum Gasteiger partial charge on any atom is 0.232 e. The fourth-order valence-electron chi connectivity index (χ4n) is 4.99. The van der Waals surface area contributed by atoms with Crippen LogP contribution in [0.4, 0.5) is 11.4 Å². The molecule has 7 heteroatoms. The summed E-state index contributed by atoms with van der Waals surface area (Å²) < 4.78 is 0. The Balaban J connectivity index is 1.40. The molecule has 2 aliphatic carbocycles. The average Bonchev–Trinajstić information content (AvgIpc) is 2.68. The lowest BCUT2D eigenvalue weighted by molar-refractivity contribution is -0.134. The Bertz CT molecular complexity index is 1110. The number of nitriles is 1. The van der Waals surface area contributed by atoms with Gasteiger partial charge in [0.2, 0.25) is 5.91 Å². The zero-order valence-electron chi connectivity index (χ0n) is 16.7. The molecular formula is C23H23N5O2. The number of aliphatic imine (C=N–C) groups is 1. The van der Waals surface area contributed by atoms with Gasteiger partial charge < -0.3 is 16.2 Å². The standard InChI is InChI=1S/C23H23N5O2/c1-22(13-24)9-15(10-22)28-20(30)12-23(27-21(28)25)11-17-18(23)3-2-4-19(17)26-14-5-7-16(29)8-6-14/h2-8,15,26,29H,9-12H2,1H3,(H2,25,27)/t15?,22?,23-/m0/s1. The van der Waals surface area contributed by atoms with Crippen LogP contribution in [0.1, 0.15) is 37.3 Å². The maximum atomic E-state index is 13.0. The van der Waals surface area contributed by atoms with Crippen molar-refractivity contribution in [2.24, 2.45) is 16.1 Å². The highest BCUT2D eigenvalue weighted by Crippen LogP contribution is 2.51. The summed E-state index contributed by atoms with van der Waals surface area (Å²) in [5.74, 6) is 0.464. The second-order valence-electron chi connectivity index (χ2n) is 8.86. The van der Waals surface area contributed by atoms with E-state index in [2.05, 4.69) is 11.4 Å². The van der Waals surface area contributed by atoms with Gasteiger partial charge in [-0.15, -0.1) is 0 Å². The van der Waals surface area contributed by atoms with E-state index in [-0.39, 0.29) is 29.1 Å². The number of hydrogen-bond acceptors (Lipinski definition) is 6. The Kier molecular flexibility index (Phi) is 3.84. The van der Waals surface area contributed by atoms with Crippen LogP contribution in [0.5, 0.6) is 5.75 Å². The van der Waals surface area contributed by atoms with Gasteiger partial charge in [-0.3, -0.25) is 9.69 Å². The molecule has 0 aromatic heterocycles. The number of carbonyl (C=O) groups is 1. The number of anilines is 2. The number of nitrogens with two attached hydrogens (primary N) is 1. The van der Waals surface area contributed by atoms with Crippen molar-refractivity contribution in [2.45, 2.75) is 44.2 Å². The topological polar surface area (TPSA) is 115 Å². The van der Waals surface area contributed by atoms with Gasteiger partial charge in [-0.25, -0.2) is 4.99 Å². The molecule has 1 spiro atoms. The molecule has 7 nitrogen and oxygen atoms in total. The van der Waals surface area contributed by atoms with Crippen molar-refractivity contribution < 1.29 is 9.90 Å². The van der Waals surface area contributed by atoms with Crippen molar-refractivity contribution in [3.63, 3.8) is 0 Å². The van der Waals surface area contributed by atoms with Crippen molar-refractivity contribution in [1.82, 2.24) is 4.90 Å². The molecule has 0 radical (unpaired) electrons. The molecule has 30 heavy (non-hydrogen) atoms. The first-order valence-electron chi connectivity index (χ1n) is 10.1. The van der Waals surface area contributed by atoms with Crippen LogP contribution in [0.25, 0.3) is 0 Å². The molecule has 1 heterocycles. The third-order valence-corrected chi connectivity index (χ3v) is 6.59. The molecule has 5 rings (SSSR count). The Labute approximate surface area is 174 Å². The quantitative estimate of drug-likeness (QED) is 0.684. The van der Waals surface area contributed by atoms with Crippen LogP contribution in [0.2, 0.25) is 0 Å². The highest BCUT2D eigenvalue weighted by atomic mass is 16.3. The third-order valence-electron chi connectivity index (χ3n) is 6.59. The summed E-state index contributed by atoms with van der Waals surface area (Å²) in [5, 5.41) is 22.1. The van der Waals surface area contributed by atoms with Gasteiger partial charge in [0, 0.05) is 23.8 Å². The number of amides is 1. The number of benzene rings is 2. The number of carbonyl (C=O) groups excluding carboxylic acids is 1. The maximum absolute atomic E-state index is 13.0. The number of aromatic hydroxyl groups is 1. The number of hydrogen-bond donors (Lipinski definition) is 3. The van der Waals surface area contributed by atoms with E-state index in [4.69, 9.17) is 10.7 Å². The lowest BCUT2D eigenvalue weighted by atomic mass is 9.65. The second kappa shape index (κ2) is 6.23. The molecule has 0 saturated heterocycles. The fourth-order valence-corrected chi connectivity index (χ4v) is 4.99. The van der Waals surface area contributed by atoms with Gasteiger partial charge in [-0.05, 0) is 61.2 Å². The van der Waals surface area contributed by atoms with E-state index in [1.54, 1.807) is 17.0 Å². The van der Waals surface area contributed by atoms with Crippen LogP contribution in [0.3, 0.4) is 0 Å². The summed E-state index contributed by atoms with van der Waals surface area (Å²) in [7, 11) is 0. The zero-order valence-corrected chi connectivity index (χ0v) is 16.7. The number of fused-ring (bicyclic) bond motifs is 2. The van der Waals surface area contributed by atoms with Crippen molar-refractivity contribution in [3.8, 4) is 11.8 Å². The van der Waals surface area contributed by atoms with E-state index in [0.717, 1.165) is 22.5 Å². The summed E-state index contributed by atoms with van der Waals surface area (Å²) in [6.45, 7) is 1.91. The Hall–Kier alpha value is -3.53.